The molecule has 100 valence electrons. The minimum Gasteiger partial charge on any atom is -0.477 e. The molecule has 1 aromatic rings. The van der Waals surface area contributed by atoms with Gasteiger partial charge < -0.3 is 15.0 Å². The maximum atomic E-state index is 11.7. The molecule has 6 heteroatoms. The zero-order valence-electron chi connectivity index (χ0n) is 10.8. The molecule has 5 nitrogen and oxygen atoms in total. The second kappa shape index (κ2) is 5.95. The molecular weight excluding hydrogens is 252 g/mol. The molecule has 0 spiro atoms. The van der Waals surface area contributed by atoms with E-state index in [0.717, 1.165) is 0 Å². The number of carboxylic acid groups (broad SMARTS) is 1. The molecule has 0 aliphatic rings. The average Bonchev–Trinajstić information content (AvgIpc) is 2.75. The van der Waals surface area contributed by atoms with Crippen molar-refractivity contribution in [1.29, 1.82) is 0 Å². The molecule has 2 N–H and O–H groups in total. The highest BCUT2D eigenvalue weighted by atomic mass is 32.2. The highest BCUT2D eigenvalue weighted by Gasteiger charge is 2.17. The van der Waals surface area contributed by atoms with E-state index in [1.165, 1.54) is 10.6 Å². The Bertz CT molecular complexity index is 440. The van der Waals surface area contributed by atoms with Crippen LogP contribution < -0.4 is 5.32 Å². The van der Waals surface area contributed by atoms with Crippen LogP contribution in [0.4, 0.5) is 0 Å². The molecule has 0 saturated carbocycles. The molecule has 0 saturated heterocycles. The van der Waals surface area contributed by atoms with E-state index < -0.39 is 5.97 Å². The molecular formula is C12H18N2O3S. The summed E-state index contributed by atoms with van der Waals surface area (Å²) in [5, 5.41) is 11.7. The number of hydrogen-bond acceptors (Lipinski definition) is 3. The smallest absolute Gasteiger partial charge is 0.352 e. The first-order chi connectivity index (χ1) is 8.35. The summed E-state index contributed by atoms with van der Waals surface area (Å²) in [6, 6.07) is 3.09. The molecule has 0 unspecified atom stereocenters. The van der Waals surface area contributed by atoms with Gasteiger partial charge >= 0.3 is 5.97 Å². The third-order valence-corrected chi connectivity index (χ3v) is 3.88. The van der Waals surface area contributed by atoms with Gasteiger partial charge in [-0.2, -0.15) is 11.8 Å². The number of nitrogens with zero attached hydrogens (tertiary/aromatic N) is 1. The quantitative estimate of drug-likeness (QED) is 0.820. The number of carbonyl (C=O) groups is 2. The monoisotopic (exact) mass is 270 g/mol. The molecule has 1 rings (SSSR count). The van der Waals surface area contributed by atoms with E-state index in [4.69, 9.17) is 5.11 Å². The van der Waals surface area contributed by atoms with E-state index in [9.17, 15) is 9.59 Å². The fraction of sp³-hybridized carbons (Fsp3) is 0.500. The van der Waals surface area contributed by atoms with Crippen molar-refractivity contribution in [2.75, 3.05) is 12.8 Å². The first-order valence-electron chi connectivity index (χ1n) is 5.56. The number of nitrogens with one attached hydrogen (secondary N) is 1. The van der Waals surface area contributed by atoms with Crippen LogP contribution in [0.3, 0.4) is 0 Å². The van der Waals surface area contributed by atoms with E-state index >= 15 is 0 Å². The minimum atomic E-state index is -1.03. The van der Waals surface area contributed by atoms with Crippen molar-refractivity contribution in [2.24, 2.45) is 0 Å². The predicted molar refractivity (Wildman–Crippen MR) is 72.0 cm³/mol. The summed E-state index contributed by atoms with van der Waals surface area (Å²) in [6.45, 7) is 4.66. The van der Waals surface area contributed by atoms with E-state index in [1.54, 1.807) is 24.0 Å². The Labute approximate surface area is 111 Å². The molecule has 0 aromatic carbocycles. The molecule has 0 radical (unpaired) electrons. The summed E-state index contributed by atoms with van der Waals surface area (Å²) in [5.41, 5.74) is 0.120. The number of aromatic nitrogens is 1. The normalized spacial score (nSPS) is 11.3. The standard InChI is InChI=1S/C12H18N2O3S/c1-12(2,18-3)8-13-10(15)7-14-6-4-5-9(14)11(16)17/h4-6H,7-8H2,1-3H3,(H,13,15)(H,16,17). The Morgan fingerprint density at radius 1 is 1.50 bits per heavy atom. The molecule has 0 aliphatic carbocycles. The molecule has 1 amide bonds. The van der Waals surface area contributed by atoms with Crippen LogP contribution in [0.1, 0.15) is 24.3 Å². The van der Waals surface area contributed by atoms with Crippen LogP contribution in [0.5, 0.6) is 0 Å². The highest BCUT2D eigenvalue weighted by molar-refractivity contribution is 7.99. The lowest BCUT2D eigenvalue weighted by Crippen LogP contribution is -2.38. The first-order valence-corrected chi connectivity index (χ1v) is 6.78. The lowest BCUT2D eigenvalue weighted by atomic mass is 10.2. The van der Waals surface area contributed by atoms with Crippen LogP contribution in [0.15, 0.2) is 18.3 Å². The lowest BCUT2D eigenvalue weighted by Gasteiger charge is -2.22. The van der Waals surface area contributed by atoms with E-state index in [-0.39, 0.29) is 22.9 Å². The number of hydrogen-bond donors (Lipinski definition) is 2. The number of carbonyl (C=O) groups excluding carboxylic acids is 1. The second-order valence-electron chi connectivity index (χ2n) is 4.57. The van der Waals surface area contributed by atoms with Gasteiger partial charge in [-0.1, -0.05) is 0 Å². The van der Waals surface area contributed by atoms with Crippen LogP contribution in [-0.4, -0.2) is 39.1 Å². The van der Waals surface area contributed by atoms with Gasteiger partial charge in [-0.3, -0.25) is 4.79 Å². The van der Waals surface area contributed by atoms with E-state index in [2.05, 4.69) is 5.32 Å². The maximum Gasteiger partial charge on any atom is 0.352 e. The van der Waals surface area contributed by atoms with Gasteiger partial charge in [0, 0.05) is 17.5 Å². The van der Waals surface area contributed by atoms with Gasteiger partial charge in [0.15, 0.2) is 0 Å². The molecule has 1 heterocycles. The number of amides is 1. The summed E-state index contributed by atoms with van der Waals surface area (Å²) in [5.74, 6) is -1.21. The Morgan fingerprint density at radius 2 is 2.17 bits per heavy atom. The lowest BCUT2D eigenvalue weighted by molar-refractivity contribution is -0.121. The van der Waals surface area contributed by atoms with E-state index in [0.29, 0.717) is 6.54 Å². The van der Waals surface area contributed by atoms with Gasteiger partial charge in [-0.05, 0) is 32.2 Å². The zero-order chi connectivity index (χ0) is 13.8. The van der Waals surface area contributed by atoms with Crippen molar-refractivity contribution in [3.05, 3.63) is 24.0 Å². The van der Waals surface area contributed by atoms with Crippen molar-refractivity contribution >= 4 is 23.6 Å². The molecule has 0 atom stereocenters. The third kappa shape index (κ3) is 4.10. The van der Waals surface area contributed by atoms with Gasteiger partial charge in [0.1, 0.15) is 12.2 Å². The van der Waals surface area contributed by atoms with Crippen molar-refractivity contribution < 1.29 is 14.7 Å². The minimum absolute atomic E-state index is 0.0258. The number of rotatable bonds is 6. The summed E-state index contributed by atoms with van der Waals surface area (Å²) < 4.78 is 1.39. The molecule has 0 bridgehead atoms. The highest BCUT2D eigenvalue weighted by Crippen LogP contribution is 2.19. The Hall–Kier alpha value is -1.43. The average molecular weight is 270 g/mol. The van der Waals surface area contributed by atoms with Crippen LogP contribution in [0.25, 0.3) is 0 Å². The largest absolute Gasteiger partial charge is 0.477 e. The Morgan fingerprint density at radius 3 is 2.72 bits per heavy atom. The number of aromatic carboxylic acids is 1. The van der Waals surface area contributed by atoms with Crippen molar-refractivity contribution in [1.82, 2.24) is 9.88 Å². The van der Waals surface area contributed by atoms with Gasteiger partial charge in [-0.25, -0.2) is 4.79 Å². The Balaban J connectivity index is 2.55. The maximum absolute atomic E-state index is 11.7. The van der Waals surface area contributed by atoms with Crippen LogP contribution >= 0.6 is 11.8 Å². The van der Waals surface area contributed by atoms with Gasteiger partial charge in [0.25, 0.3) is 0 Å². The zero-order valence-corrected chi connectivity index (χ0v) is 11.6. The number of carboxylic acids is 1. The molecule has 1 aromatic heterocycles. The van der Waals surface area contributed by atoms with Crippen molar-refractivity contribution in [3.63, 3.8) is 0 Å². The molecule has 0 aliphatic heterocycles. The molecule has 18 heavy (non-hydrogen) atoms. The summed E-state index contributed by atoms with van der Waals surface area (Å²) in [7, 11) is 0. The molecule has 0 fully saturated rings. The van der Waals surface area contributed by atoms with Crippen molar-refractivity contribution in [2.45, 2.75) is 25.1 Å². The fourth-order valence-corrected chi connectivity index (χ4v) is 1.56. The summed E-state index contributed by atoms with van der Waals surface area (Å²) in [4.78, 5) is 22.6. The van der Waals surface area contributed by atoms with Gasteiger partial charge in [0.2, 0.25) is 5.91 Å². The fourth-order valence-electron chi connectivity index (χ4n) is 1.34. The predicted octanol–water partition coefficient (Wildman–Crippen LogP) is 1.44. The van der Waals surface area contributed by atoms with E-state index in [1.807, 2.05) is 20.1 Å². The first kappa shape index (κ1) is 14.6. The summed E-state index contributed by atoms with van der Waals surface area (Å²) >= 11 is 1.67. The van der Waals surface area contributed by atoms with Gasteiger partial charge in [0.05, 0.1) is 0 Å². The van der Waals surface area contributed by atoms with Crippen LogP contribution in [-0.2, 0) is 11.3 Å². The van der Waals surface area contributed by atoms with Gasteiger partial charge in [-0.15, -0.1) is 0 Å². The topological polar surface area (TPSA) is 71.3 Å². The third-order valence-electron chi connectivity index (χ3n) is 2.63. The number of thioether (sulfide) groups is 1. The van der Waals surface area contributed by atoms with Crippen molar-refractivity contribution in [3.8, 4) is 0 Å². The SMILES string of the molecule is CSC(C)(C)CNC(=O)Cn1cccc1C(=O)O. The summed E-state index contributed by atoms with van der Waals surface area (Å²) in [6.07, 6.45) is 3.57. The van der Waals surface area contributed by atoms with Crippen LogP contribution in [0, 0.1) is 0 Å². The Kier molecular flexibility index (Phi) is 4.84. The second-order valence-corrected chi connectivity index (χ2v) is 6.08. The van der Waals surface area contributed by atoms with Crippen LogP contribution in [0.2, 0.25) is 0 Å².